The Morgan fingerprint density at radius 2 is 2.14 bits per heavy atom. The Balaban J connectivity index is 2.80. The number of aliphatic carboxylic acids is 1. The summed E-state index contributed by atoms with van der Waals surface area (Å²) in [5, 5.41) is 11.7. The largest absolute Gasteiger partial charge is 0.493 e. The van der Waals surface area contributed by atoms with Crippen LogP contribution in [0.2, 0.25) is 5.02 Å². The Morgan fingerprint density at radius 1 is 1.43 bits per heavy atom. The van der Waals surface area contributed by atoms with E-state index < -0.39 is 18.0 Å². The fraction of sp³-hybridized carbons (Fsp3) is 0.429. The predicted octanol–water partition coefficient (Wildman–Crippen LogP) is 1.96. The first-order valence-corrected chi connectivity index (χ1v) is 6.83. The maximum atomic E-state index is 12.1. The lowest BCUT2D eigenvalue weighted by Crippen LogP contribution is -2.38. The minimum absolute atomic E-state index is 0.148. The molecule has 0 saturated carbocycles. The van der Waals surface area contributed by atoms with E-state index in [0.717, 1.165) is 6.42 Å². The Bertz CT molecular complexity index is 506. The number of hydrogen-bond acceptors (Lipinski definition) is 4. The molecular weight excluding hydrogens is 298 g/mol. The molecule has 1 amide bonds. The van der Waals surface area contributed by atoms with Crippen LogP contribution in [0.1, 0.15) is 23.7 Å². The summed E-state index contributed by atoms with van der Waals surface area (Å²) in [7, 11) is 1.26. The highest BCUT2D eigenvalue weighted by atomic mass is 35.5. The number of methoxy groups -OCH3 is 1. The second kappa shape index (κ2) is 8.49. The van der Waals surface area contributed by atoms with Crippen molar-refractivity contribution in [2.45, 2.75) is 19.4 Å². The van der Waals surface area contributed by atoms with Crippen LogP contribution in [0.3, 0.4) is 0 Å². The van der Waals surface area contributed by atoms with Crippen molar-refractivity contribution in [3.8, 4) is 5.75 Å². The van der Waals surface area contributed by atoms with E-state index in [1.165, 1.54) is 13.2 Å². The van der Waals surface area contributed by atoms with Gasteiger partial charge in [-0.2, -0.15) is 0 Å². The molecule has 0 bridgehead atoms. The minimum atomic E-state index is -1.15. The van der Waals surface area contributed by atoms with Gasteiger partial charge in [0, 0.05) is 12.1 Å². The molecule has 0 radical (unpaired) electrons. The molecule has 0 aliphatic rings. The number of amides is 1. The Hall–Kier alpha value is -1.79. The third kappa shape index (κ3) is 5.24. The number of benzene rings is 1. The minimum Gasteiger partial charge on any atom is -0.493 e. The SMILES string of the molecule is CCCOc1ccc(Cl)cc1C(=O)NCC(OC)C(=O)O. The van der Waals surface area contributed by atoms with Crippen LogP contribution in [0.4, 0.5) is 0 Å². The first kappa shape index (κ1) is 17.3. The van der Waals surface area contributed by atoms with Crippen LogP contribution in [-0.4, -0.2) is 43.3 Å². The van der Waals surface area contributed by atoms with Gasteiger partial charge < -0.3 is 19.9 Å². The van der Waals surface area contributed by atoms with Crippen molar-refractivity contribution in [3.05, 3.63) is 28.8 Å². The summed E-state index contributed by atoms with van der Waals surface area (Å²) < 4.78 is 10.2. The lowest BCUT2D eigenvalue weighted by Gasteiger charge is -2.14. The zero-order chi connectivity index (χ0) is 15.8. The fourth-order valence-corrected chi connectivity index (χ4v) is 1.74. The van der Waals surface area contributed by atoms with Crippen molar-refractivity contribution in [2.24, 2.45) is 0 Å². The van der Waals surface area contributed by atoms with Crippen molar-refractivity contribution >= 4 is 23.5 Å². The average Bonchev–Trinajstić information content (AvgIpc) is 2.46. The van der Waals surface area contributed by atoms with Crippen LogP contribution >= 0.6 is 11.6 Å². The zero-order valence-corrected chi connectivity index (χ0v) is 12.6. The number of ether oxygens (including phenoxy) is 2. The number of carboxylic acids is 1. The van der Waals surface area contributed by atoms with Gasteiger partial charge in [0.1, 0.15) is 5.75 Å². The summed E-state index contributed by atoms with van der Waals surface area (Å²) in [4.78, 5) is 22.9. The van der Waals surface area contributed by atoms with Crippen molar-refractivity contribution in [1.29, 1.82) is 0 Å². The number of carboxylic acid groups (broad SMARTS) is 1. The molecule has 21 heavy (non-hydrogen) atoms. The molecule has 0 saturated heterocycles. The maximum Gasteiger partial charge on any atom is 0.334 e. The number of hydrogen-bond donors (Lipinski definition) is 2. The molecule has 1 aromatic carbocycles. The Kier molecular flexibility index (Phi) is 6.98. The van der Waals surface area contributed by atoms with Crippen LogP contribution in [-0.2, 0) is 9.53 Å². The van der Waals surface area contributed by atoms with Gasteiger partial charge >= 0.3 is 5.97 Å². The average molecular weight is 316 g/mol. The van der Waals surface area contributed by atoms with Gasteiger partial charge in [0.05, 0.1) is 18.7 Å². The highest BCUT2D eigenvalue weighted by Crippen LogP contribution is 2.23. The lowest BCUT2D eigenvalue weighted by atomic mass is 10.2. The van der Waals surface area contributed by atoms with Gasteiger partial charge in [0.15, 0.2) is 6.10 Å². The summed E-state index contributed by atoms with van der Waals surface area (Å²) in [6.07, 6.45) is -0.304. The van der Waals surface area contributed by atoms with Gasteiger partial charge in [-0.05, 0) is 24.6 Å². The second-order valence-corrected chi connectivity index (χ2v) is 4.70. The first-order chi connectivity index (χ1) is 9.99. The molecule has 0 aliphatic heterocycles. The van der Waals surface area contributed by atoms with Gasteiger partial charge in [0.2, 0.25) is 0 Å². The summed E-state index contributed by atoms with van der Waals surface area (Å²) in [6, 6.07) is 4.71. The molecular formula is C14H18ClNO5. The van der Waals surface area contributed by atoms with Crippen LogP contribution < -0.4 is 10.1 Å². The molecule has 116 valence electrons. The maximum absolute atomic E-state index is 12.1. The molecule has 1 rings (SSSR count). The van der Waals surface area contributed by atoms with E-state index in [1.807, 2.05) is 6.92 Å². The topological polar surface area (TPSA) is 84.9 Å². The van der Waals surface area contributed by atoms with E-state index >= 15 is 0 Å². The molecule has 0 aromatic heterocycles. The number of nitrogens with one attached hydrogen (secondary N) is 1. The molecule has 2 N–H and O–H groups in total. The van der Waals surface area contributed by atoms with Crippen LogP contribution in [0.5, 0.6) is 5.75 Å². The third-order valence-corrected chi connectivity index (χ3v) is 2.89. The number of rotatable bonds is 8. The van der Waals surface area contributed by atoms with Gasteiger partial charge in [-0.15, -0.1) is 0 Å². The first-order valence-electron chi connectivity index (χ1n) is 6.45. The van der Waals surface area contributed by atoms with Crippen molar-refractivity contribution in [1.82, 2.24) is 5.32 Å². The zero-order valence-electron chi connectivity index (χ0n) is 11.9. The fourth-order valence-electron chi connectivity index (χ4n) is 1.57. The number of carbonyl (C=O) groups excluding carboxylic acids is 1. The van der Waals surface area contributed by atoms with Gasteiger partial charge in [-0.3, -0.25) is 4.79 Å². The molecule has 6 nitrogen and oxygen atoms in total. The van der Waals surface area contributed by atoms with E-state index in [2.05, 4.69) is 5.32 Å². The molecule has 1 atom stereocenters. The van der Waals surface area contributed by atoms with E-state index in [4.69, 9.17) is 26.2 Å². The molecule has 0 aliphatic carbocycles. The van der Waals surface area contributed by atoms with Crippen molar-refractivity contribution in [2.75, 3.05) is 20.3 Å². The van der Waals surface area contributed by atoms with Gasteiger partial charge in [-0.25, -0.2) is 4.79 Å². The third-order valence-electron chi connectivity index (χ3n) is 2.66. The standard InChI is InChI=1S/C14H18ClNO5/c1-3-6-21-11-5-4-9(15)7-10(11)13(17)16-8-12(20-2)14(18)19/h4-5,7,12H,3,6,8H2,1-2H3,(H,16,17)(H,18,19). The number of halogens is 1. The van der Waals surface area contributed by atoms with E-state index in [-0.39, 0.29) is 12.1 Å². The van der Waals surface area contributed by atoms with Crippen molar-refractivity contribution < 1.29 is 24.2 Å². The molecule has 0 spiro atoms. The summed E-state index contributed by atoms with van der Waals surface area (Å²) in [5.41, 5.74) is 0.260. The van der Waals surface area contributed by atoms with E-state index in [0.29, 0.717) is 17.4 Å². The van der Waals surface area contributed by atoms with Gasteiger partial charge in [-0.1, -0.05) is 18.5 Å². The highest BCUT2D eigenvalue weighted by molar-refractivity contribution is 6.31. The summed E-state index contributed by atoms with van der Waals surface area (Å²) in [5.74, 6) is -1.21. The molecule has 1 unspecified atom stereocenters. The summed E-state index contributed by atoms with van der Waals surface area (Å²) in [6.45, 7) is 2.27. The second-order valence-electron chi connectivity index (χ2n) is 4.26. The van der Waals surface area contributed by atoms with Crippen molar-refractivity contribution in [3.63, 3.8) is 0 Å². The van der Waals surface area contributed by atoms with E-state index in [1.54, 1.807) is 12.1 Å². The Morgan fingerprint density at radius 3 is 2.71 bits per heavy atom. The monoisotopic (exact) mass is 315 g/mol. The molecule has 0 fully saturated rings. The lowest BCUT2D eigenvalue weighted by molar-refractivity contribution is -0.148. The normalized spacial score (nSPS) is 11.8. The predicted molar refractivity (Wildman–Crippen MR) is 78.0 cm³/mol. The smallest absolute Gasteiger partial charge is 0.334 e. The molecule has 0 heterocycles. The van der Waals surface area contributed by atoms with Gasteiger partial charge in [0.25, 0.3) is 5.91 Å². The van der Waals surface area contributed by atoms with Crippen LogP contribution in [0, 0.1) is 0 Å². The Labute approximate surface area is 128 Å². The molecule has 7 heteroatoms. The molecule has 1 aromatic rings. The van der Waals surface area contributed by atoms with E-state index in [9.17, 15) is 9.59 Å². The number of carbonyl (C=O) groups is 2. The summed E-state index contributed by atoms with van der Waals surface area (Å²) >= 11 is 5.88. The van der Waals surface area contributed by atoms with Crippen LogP contribution in [0.25, 0.3) is 0 Å². The van der Waals surface area contributed by atoms with Crippen LogP contribution in [0.15, 0.2) is 18.2 Å². The quantitative estimate of drug-likeness (QED) is 0.766. The highest BCUT2D eigenvalue weighted by Gasteiger charge is 2.19.